The number of piperidine rings is 1. The number of nitrogens with zero attached hydrogens (tertiary/aromatic N) is 1. The molecule has 1 heterocycles. The Labute approximate surface area is 110 Å². The standard InChI is InChI=1S/C10H20N2O2.2ClH/c1-11-5-2-6-12-7-3-9(4-8-12)10(13)14;;/h9,11H,2-8H2,1H3,(H,13,14);2*1H. The Morgan fingerprint density at radius 2 is 1.94 bits per heavy atom. The van der Waals surface area contributed by atoms with Gasteiger partial charge in [-0.3, -0.25) is 4.79 Å². The molecule has 0 spiro atoms. The third kappa shape index (κ3) is 6.53. The zero-order chi connectivity index (χ0) is 10.4. The van der Waals surface area contributed by atoms with Crippen molar-refractivity contribution in [2.24, 2.45) is 5.92 Å². The fourth-order valence-corrected chi connectivity index (χ4v) is 1.88. The van der Waals surface area contributed by atoms with Crippen LogP contribution in [0, 0.1) is 5.92 Å². The van der Waals surface area contributed by atoms with Crippen molar-refractivity contribution in [3.8, 4) is 0 Å². The first-order chi connectivity index (χ1) is 6.74. The molecular weight excluding hydrogens is 251 g/mol. The highest BCUT2D eigenvalue weighted by atomic mass is 35.5. The largest absolute Gasteiger partial charge is 0.481 e. The van der Waals surface area contributed by atoms with E-state index in [0.717, 1.165) is 45.4 Å². The lowest BCUT2D eigenvalue weighted by molar-refractivity contribution is -0.143. The van der Waals surface area contributed by atoms with Crippen molar-refractivity contribution in [3.05, 3.63) is 0 Å². The Morgan fingerprint density at radius 1 is 1.38 bits per heavy atom. The van der Waals surface area contributed by atoms with Gasteiger partial charge in [0.2, 0.25) is 0 Å². The average Bonchev–Trinajstić information content (AvgIpc) is 2.19. The molecule has 0 aromatic carbocycles. The van der Waals surface area contributed by atoms with E-state index in [9.17, 15) is 4.79 Å². The van der Waals surface area contributed by atoms with Gasteiger partial charge in [-0.25, -0.2) is 0 Å². The molecule has 0 unspecified atom stereocenters. The molecule has 0 amide bonds. The minimum atomic E-state index is -0.625. The molecule has 0 aromatic rings. The van der Waals surface area contributed by atoms with E-state index in [1.54, 1.807) is 0 Å². The van der Waals surface area contributed by atoms with Gasteiger partial charge in [0, 0.05) is 0 Å². The number of hydrogen-bond donors (Lipinski definition) is 2. The van der Waals surface area contributed by atoms with Crippen LogP contribution in [-0.2, 0) is 4.79 Å². The first-order valence-corrected chi connectivity index (χ1v) is 5.34. The zero-order valence-corrected chi connectivity index (χ0v) is 11.3. The molecule has 0 bridgehead atoms. The summed E-state index contributed by atoms with van der Waals surface area (Å²) in [6, 6.07) is 0. The Kier molecular flexibility index (Phi) is 11.6. The quantitative estimate of drug-likeness (QED) is 0.740. The van der Waals surface area contributed by atoms with Crippen LogP contribution in [0.5, 0.6) is 0 Å². The number of carboxylic acids is 1. The molecule has 4 nitrogen and oxygen atoms in total. The summed E-state index contributed by atoms with van der Waals surface area (Å²) in [7, 11) is 1.96. The summed E-state index contributed by atoms with van der Waals surface area (Å²) in [4.78, 5) is 13.1. The Balaban J connectivity index is 0. The molecule has 1 aliphatic rings. The van der Waals surface area contributed by atoms with E-state index >= 15 is 0 Å². The zero-order valence-electron chi connectivity index (χ0n) is 9.65. The van der Waals surface area contributed by atoms with Crippen LogP contribution < -0.4 is 5.32 Å². The fourth-order valence-electron chi connectivity index (χ4n) is 1.88. The molecule has 0 aromatic heterocycles. The minimum Gasteiger partial charge on any atom is -0.481 e. The molecule has 6 heteroatoms. The lowest BCUT2D eigenvalue weighted by atomic mass is 9.97. The van der Waals surface area contributed by atoms with Crippen molar-refractivity contribution in [1.82, 2.24) is 10.2 Å². The highest BCUT2D eigenvalue weighted by Gasteiger charge is 2.23. The summed E-state index contributed by atoms with van der Waals surface area (Å²) >= 11 is 0. The van der Waals surface area contributed by atoms with Crippen LogP contribution in [0.1, 0.15) is 19.3 Å². The molecule has 1 rings (SSSR count). The monoisotopic (exact) mass is 272 g/mol. The summed E-state index contributed by atoms with van der Waals surface area (Å²) in [6.45, 7) is 4.02. The predicted molar refractivity (Wildman–Crippen MR) is 69.8 cm³/mol. The van der Waals surface area contributed by atoms with Crippen molar-refractivity contribution in [2.75, 3.05) is 33.2 Å². The second kappa shape index (κ2) is 10.1. The number of rotatable bonds is 5. The molecular formula is C10H22Cl2N2O2. The van der Waals surface area contributed by atoms with Crippen LogP contribution in [0.4, 0.5) is 0 Å². The van der Waals surface area contributed by atoms with Gasteiger partial charge in [-0.05, 0) is 52.5 Å². The highest BCUT2D eigenvalue weighted by molar-refractivity contribution is 5.85. The van der Waals surface area contributed by atoms with Crippen molar-refractivity contribution in [2.45, 2.75) is 19.3 Å². The average molecular weight is 273 g/mol. The van der Waals surface area contributed by atoms with Gasteiger partial charge in [0.25, 0.3) is 0 Å². The van der Waals surface area contributed by atoms with Crippen molar-refractivity contribution < 1.29 is 9.90 Å². The van der Waals surface area contributed by atoms with Gasteiger partial charge in [0.15, 0.2) is 0 Å². The van der Waals surface area contributed by atoms with Crippen LogP contribution in [0.2, 0.25) is 0 Å². The maximum absolute atomic E-state index is 10.7. The molecule has 16 heavy (non-hydrogen) atoms. The Bertz CT molecular complexity index is 186. The molecule has 98 valence electrons. The van der Waals surface area contributed by atoms with Gasteiger partial charge >= 0.3 is 5.97 Å². The number of carbonyl (C=O) groups is 1. The SMILES string of the molecule is CNCCCN1CCC(C(=O)O)CC1.Cl.Cl. The molecule has 1 aliphatic heterocycles. The summed E-state index contributed by atoms with van der Waals surface area (Å²) in [5, 5.41) is 11.9. The molecule has 1 fully saturated rings. The van der Waals surface area contributed by atoms with Crippen molar-refractivity contribution >= 4 is 30.8 Å². The van der Waals surface area contributed by atoms with Gasteiger partial charge in [-0.2, -0.15) is 0 Å². The van der Waals surface area contributed by atoms with E-state index in [2.05, 4.69) is 10.2 Å². The van der Waals surface area contributed by atoms with E-state index in [1.165, 1.54) is 0 Å². The van der Waals surface area contributed by atoms with Crippen molar-refractivity contribution in [3.63, 3.8) is 0 Å². The number of aliphatic carboxylic acids is 1. The topological polar surface area (TPSA) is 52.6 Å². The Hall–Kier alpha value is -0.0300. The summed E-state index contributed by atoms with van der Waals surface area (Å²) in [5.74, 6) is -0.726. The first kappa shape index (κ1) is 18.3. The normalized spacial score (nSPS) is 17.3. The molecule has 2 N–H and O–H groups in total. The van der Waals surface area contributed by atoms with Crippen LogP contribution in [0.15, 0.2) is 0 Å². The van der Waals surface area contributed by atoms with E-state index in [0.29, 0.717) is 0 Å². The number of halogens is 2. The van der Waals surface area contributed by atoms with Crippen LogP contribution in [0.3, 0.4) is 0 Å². The third-order valence-corrected chi connectivity index (χ3v) is 2.84. The minimum absolute atomic E-state index is 0. The van der Waals surface area contributed by atoms with Gasteiger partial charge in [-0.1, -0.05) is 0 Å². The van der Waals surface area contributed by atoms with Gasteiger partial charge in [0.1, 0.15) is 0 Å². The first-order valence-electron chi connectivity index (χ1n) is 5.34. The van der Waals surface area contributed by atoms with Gasteiger partial charge in [0.05, 0.1) is 5.92 Å². The van der Waals surface area contributed by atoms with Crippen LogP contribution in [-0.4, -0.2) is 49.2 Å². The second-order valence-electron chi connectivity index (χ2n) is 3.91. The summed E-state index contributed by atoms with van der Waals surface area (Å²) in [6.07, 6.45) is 2.78. The number of nitrogens with one attached hydrogen (secondary N) is 1. The molecule has 0 aliphatic carbocycles. The molecule has 0 radical (unpaired) electrons. The summed E-state index contributed by atoms with van der Waals surface area (Å²) in [5.41, 5.74) is 0. The molecule has 0 saturated carbocycles. The number of hydrogen-bond acceptors (Lipinski definition) is 3. The smallest absolute Gasteiger partial charge is 0.306 e. The predicted octanol–water partition coefficient (Wildman–Crippen LogP) is 1.24. The number of likely N-dealkylation sites (tertiary alicyclic amines) is 1. The third-order valence-electron chi connectivity index (χ3n) is 2.84. The lowest BCUT2D eigenvalue weighted by Crippen LogP contribution is -2.37. The second-order valence-corrected chi connectivity index (χ2v) is 3.91. The Morgan fingerprint density at radius 3 is 2.38 bits per heavy atom. The fraction of sp³-hybridized carbons (Fsp3) is 0.900. The van der Waals surface area contributed by atoms with Crippen molar-refractivity contribution in [1.29, 1.82) is 0 Å². The van der Waals surface area contributed by atoms with E-state index in [4.69, 9.17) is 5.11 Å². The van der Waals surface area contributed by atoms with Crippen LogP contribution in [0.25, 0.3) is 0 Å². The summed E-state index contributed by atoms with van der Waals surface area (Å²) < 4.78 is 0. The number of carboxylic acid groups (broad SMARTS) is 1. The van der Waals surface area contributed by atoms with Crippen LogP contribution >= 0.6 is 24.8 Å². The van der Waals surface area contributed by atoms with Gasteiger partial charge < -0.3 is 15.3 Å². The maximum atomic E-state index is 10.7. The van der Waals surface area contributed by atoms with Gasteiger partial charge in [-0.15, -0.1) is 24.8 Å². The lowest BCUT2D eigenvalue weighted by Gasteiger charge is -2.29. The highest BCUT2D eigenvalue weighted by Crippen LogP contribution is 2.16. The van der Waals surface area contributed by atoms with E-state index < -0.39 is 5.97 Å². The molecule has 1 saturated heterocycles. The van der Waals surface area contributed by atoms with E-state index in [1.807, 2.05) is 7.05 Å². The van der Waals surface area contributed by atoms with E-state index in [-0.39, 0.29) is 30.7 Å². The maximum Gasteiger partial charge on any atom is 0.306 e. The molecule has 0 atom stereocenters.